The molecule has 0 bridgehead atoms. The number of ether oxygens (including phenoxy) is 2. The third-order valence-electron chi connectivity index (χ3n) is 4.74. The van der Waals surface area contributed by atoms with E-state index in [1.807, 2.05) is 43.3 Å². The number of anilines is 1. The fraction of sp³-hybridized carbons (Fsp3) is 0.304. The molecular formula is C23H25NO4. The molecule has 5 nitrogen and oxygen atoms in total. The number of methoxy groups -OCH3 is 1. The number of aryl methyl sites for hydroxylation is 1. The van der Waals surface area contributed by atoms with Crippen molar-refractivity contribution in [3.05, 3.63) is 71.8 Å². The summed E-state index contributed by atoms with van der Waals surface area (Å²) in [6, 6.07) is 14.6. The molecule has 2 atom stereocenters. The van der Waals surface area contributed by atoms with Crippen LogP contribution in [0.5, 0.6) is 5.75 Å². The van der Waals surface area contributed by atoms with Gasteiger partial charge in [0.1, 0.15) is 5.75 Å². The van der Waals surface area contributed by atoms with Gasteiger partial charge in [-0.1, -0.05) is 48.6 Å². The average Bonchev–Trinajstić information content (AvgIpc) is 3.20. The molecule has 5 heteroatoms. The average molecular weight is 379 g/mol. The van der Waals surface area contributed by atoms with Crippen LogP contribution in [0, 0.1) is 12.8 Å². The molecule has 1 aliphatic rings. The third-order valence-corrected chi connectivity index (χ3v) is 4.74. The normalized spacial score (nSPS) is 16.4. The molecule has 0 spiro atoms. The van der Waals surface area contributed by atoms with Crippen LogP contribution in [0.25, 0.3) is 0 Å². The van der Waals surface area contributed by atoms with Crippen LogP contribution < -0.4 is 10.1 Å². The van der Waals surface area contributed by atoms with E-state index in [9.17, 15) is 9.59 Å². The van der Waals surface area contributed by atoms with Crippen LogP contribution in [0.1, 0.15) is 36.5 Å². The van der Waals surface area contributed by atoms with Crippen LogP contribution >= 0.6 is 0 Å². The molecular weight excluding hydrogens is 354 g/mol. The van der Waals surface area contributed by atoms with Gasteiger partial charge in [0.05, 0.1) is 19.2 Å². The van der Waals surface area contributed by atoms with Crippen LogP contribution in [-0.2, 0) is 14.3 Å². The molecule has 2 aromatic rings. The highest BCUT2D eigenvalue weighted by Crippen LogP contribution is 2.28. The molecule has 2 aromatic carbocycles. The largest absolute Gasteiger partial charge is 0.495 e. The molecule has 3 rings (SSSR count). The number of carbonyl (C=O) groups is 2. The Morgan fingerprint density at radius 1 is 1.18 bits per heavy atom. The van der Waals surface area contributed by atoms with Gasteiger partial charge in [-0.3, -0.25) is 9.59 Å². The Hall–Kier alpha value is -3.08. The first-order chi connectivity index (χ1) is 13.6. The van der Waals surface area contributed by atoms with Crippen LogP contribution in [0.15, 0.2) is 60.7 Å². The van der Waals surface area contributed by atoms with E-state index in [1.165, 1.54) is 0 Å². The molecule has 28 heavy (non-hydrogen) atoms. The van der Waals surface area contributed by atoms with Crippen molar-refractivity contribution in [3.8, 4) is 5.75 Å². The number of amides is 1. The van der Waals surface area contributed by atoms with Crippen molar-refractivity contribution in [3.63, 3.8) is 0 Å². The highest BCUT2D eigenvalue weighted by atomic mass is 16.5. The zero-order valence-corrected chi connectivity index (χ0v) is 16.2. The first-order valence-corrected chi connectivity index (χ1v) is 9.43. The Morgan fingerprint density at radius 3 is 2.64 bits per heavy atom. The molecule has 0 saturated carbocycles. The van der Waals surface area contributed by atoms with Crippen molar-refractivity contribution in [2.45, 2.75) is 32.3 Å². The first kappa shape index (κ1) is 19.7. The SMILES string of the molecule is COc1ccc(C)cc1NC(=O)[C@@H](OC(=O)C[C@@H]1C=CCC1)c1ccccc1. The summed E-state index contributed by atoms with van der Waals surface area (Å²) in [7, 11) is 1.55. The van der Waals surface area contributed by atoms with Crippen molar-refractivity contribution in [2.24, 2.45) is 5.92 Å². The minimum atomic E-state index is -1.02. The van der Waals surface area contributed by atoms with Gasteiger partial charge in [-0.2, -0.15) is 0 Å². The van der Waals surface area contributed by atoms with Gasteiger partial charge in [0.15, 0.2) is 0 Å². The van der Waals surface area contributed by atoms with Crippen molar-refractivity contribution >= 4 is 17.6 Å². The summed E-state index contributed by atoms with van der Waals surface area (Å²) in [5.41, 5.74) is 2.16. The predicted octanol–water partition coefficient (Wildman–Crippen LogP) is 4.58. The standard InChI is InChI=1S/C23H25NO4/c1-16-12-13-20(27-2)19(14-16)24-23(26)22(18-10-4-3-5-11-18)28-21(25)15-17-8-6-7-9-17/h3-6,8,10-14,17,22H,7,9,15H2,1-2H3,(H,24,26)/t17-,22+/m1/s1. The lowest BCUT2D eigenvalue weighted by Crippen LogP contribution is -2.26. The summed E-state index contributed by atoms with van der Waals surface area (Å²) in [5, 5.41) is 2.84. The molecule has 0 radical (unpaired) electrons. The van der Waals surface area contributed by atoms with Crippen LogP contribution in [-0.4, -0.2) is 19.0 Å². The molecule has 0 aromatic heterocycles. The van der Waals surface area contributed by atoms with Gasteiger partial charge in [-0.25, -0.2) is 0 Å². The molecule has 0 heterocycles. The lowest BCUT2D eigenvalue weighted by atomic mass is 10.1. The third kappa shape index (κ3) is 5.00. The lowest BCUT2D eigenvalue weighted by molar-refractivity contribution is -0.155. The number of nitrogens with one attached hydrogen (secondary N) is 1. The van der Waals surface area contributed by atoms with E-state index in [0.717, 1.165) is 18.4 Å². The Kier molecular flexibility index (Phi) is 6.48. The van der Waals surface area contributed by atoms with Gasteiger partial charge in [0.25, 0.3) is 5.91 Å². The summed E-state index contributed by atoms with van der Waals surface area (Å²) < 4.78 is 10.9. The molecule has 0 saturated heterocycles. The van der Waals surface area contributed by atoms with Crippen LogP contribution in [0.4, 0.5) is 5.69 Å². The molecule has 1 aliphatic carbocycles. The van der Waals surface area contributed by atoms with E-state index >= 15 is 0 Å². The Bertz CT molecular complexity index is 860. The first-order valence-electron chi connectivity index (χ1n) is 9.43. The summed E-state index contributed by atoms with van der Waals surface area (Å²) in [4.78, 5) is 25.5. The number of allylic oxidation sites excluding steroid dienone is 2. The molecule has 1 amide bonds. The van der Waals surface area contributed by atoms with Crippen molar-refractivity contribution in [1.29, 1.82) is 0 Å². The summed E-state index contributed by atoms with van der Waals surface area (Å²) in [6.07, 6.45) is 5.29. The second-order valence-electron chi connectivity index (χ2n) is 6.94. The second-order valence-corrected chi connectivity index (χ2v) is 6.94. The van der Waals surface area contributed by atoms with E-state index in [2.05, 4.69) is 11.4 Å². The fourth-order valence-electron chi connectivity index (χ4n) is 3.28. The second kappa shape index (κ2) is 9.22. The number of hydrogen-bond acceptors (Lipinski definition) is 4. The van der Waals surface area contributed by atoms with Gasteiger partial charge in [-0.15, -0.1) is 0 Å². The summed E-state index contributed by atoms with van der Waals surface area (Å²) in [5.74, 6) is -0.0563. The number of esters is 1. The maximum Gasteiger partial charge on any atom is 0.307 e. The van der Waals surface area contributed by atoms with Gasteiger partial charge in [-0.05, 0) is 43.4 Å². The quantitative estimate of drug-likeness (QED) is 0.565. The number of carbonyl (C=O) groups excluding carboxylic acids is 2. The van der Waals surface area contributed by atoms with Gasteiger partial charge in [0.2, 0.25) is 6.10 Å². The predicted molar refractivity (Wildman–Crippen MR) is 108 cm³/mol. The van der Waals surface area contributed by atoms with E-state index in [1.54, 1.807) is 25.3 Å². The van der Waals surface area contributed by atoms with Crippen LogP contribution in [0.2, 0.25) is 0 Å². The Morgan fingerprint density at radius 2 is 1.96 bits per heavy atom. The minimum Gasteiger partial charge on any atom is -0.495 e. The van der Waals surface area contributed by atoms with E-state index in [-0.39, 0.29) is 18.3 Å². The number of hydrogen-bond donors (Lipinski definition) is 1. The maximum absolute atomic E-state index is 13.0. The lowest BCUT2D eigenvalue weighted by Gasteiger charge is -2.20. The monoisotopic (exact) mass is 379 g/mol. The summed E-state index contributed by atoms with van der Waals surface area (Å²) in [6.45, 7) is 1.93. The van der Waals surface area contributed by atoms with E-state index in [4.69, 9.17) is 9.47 Å². The molecule has 0 fully saturated rings. The van der Waals surface area contributed by atoms with Gasteiger partial charge < -0.3 is 14.8 Å². The molecule has 0 aliphatic heterocycles. The van der Waals surface area contributed by atoms with E-state index in [0.29, 0.717) is 17.0 Å². The zero-order chi connectivity index (χ0) is 19.9. The smallest absolute Gasteiger partial charge is 0.307 e. The van der Waals surface area contributed by atoms with Gasteiger partial charge in [0, 0.05) is 5.56 Å². The van der Waals surface area contributed by atoms with Gasteiger partial charge >= 0.3 is 5.97 Å². The maximum atomic E-state index is 13.0. The highest BCUT2D eigenvalue weighted by molar-refractivity contribution is 5.97. The zero-order valence-electron chi connectivity index (χ0n) is 16.2. The highest BCUT2D eigenvalue weighted by Gasteiger charge is 2.27. The molecule has 1 N–H and O–H groups in total. The van der Waals surface area contributed by atoms with Crippen LogP contribution in [0.3, 0.4) is 0 Å². The molecule has 146 valence electrons. The van der Waals surface area contributed by atoms with E-state index < -0.39 is 12.0 Å². The topological polar surface area (TPSA) is 64.6 Å². The number of rotatable bonds is 7. The minimum absolute atomic E-state index is 0.184. The van der Waals surface area contributed by atoms with Crippen molar-refractivity contribution in [2.75, 3.05) is 12.4 Å². The molecule has 0 unspecified atom stereocenters. The van der Waals surface area contributed by atoms with Crippen molar-refractivity contribution < 1.29 is 19.1 Å². The Labute approximate surface area is 165 Å². The Balaban J connectivity index is 1.78. The fourth-order valence-corrected chi connectivity index (χ4v) is 3.28. The van der Waals surface area contributed by atoms with Crippen molar-refractivity contribution in [1.82, 2.24) is 0 Å². The number of benzene rings is 2. The summed E-state index contributed by atoms with van der Waals surface area (Å²) >= 11 is 0.